The van der Waals surface area contributed by atoms with Crippen LogP contribution in [-0.2, 0) is 4.79 Å². The molecule has 24 heavy (non-hydrogen) atoms. The van der Waals surface area contributed by atoms with Gasteiger partial charge in [-0.05, 0) is 36.5 Å². The zero-order valence-electron chi connectivity index (χ0n) is 13.0. The maximum atomic E-state index is 12.2. The Labute approximate surface area is 148 Å². The number of hydrogen-bond donors (Lipinski definition) is 1. The zero-order chi connectivity index (χ0) is 16.5. The van der Waals surface area contributed by atoms with Crippen LogP contribution in [0.5, 0.6) is 0 Å². The number of thioether (sulfide) groups is 2. The Bertz CT molecular complexity index is 773. The second-order valence-corrected chi connectivity index (χ2v) is 8.09. The Morgan fingerprint density at radius 2 is 2.17 bits per heavy atom. The van der Waals surface area contributed by atoms with Crippen LogP contribution in [0.1, 0.15) is 37.9 Å². The van der Waals surface area contributed by atoms with Crippen LogP contribution in [-0.4, -0.2) is 27.1 Å². The van der Waals surface area contributed by atoms with E-state index in [4.69, 9.17) is 9.83 Å². The summed E-state index contributed by atoms with van der Waals surface area (Å²) in [4.78, 5) is 17.8. The molecule has 3 heterocycles. The fourth-order valence-corrected chi connectivity index (χ4v) is 4.89. The van der Waals surface area contributed by atoms with Gasteiger partial charge in [0.25, 0.3) is 5.91 Å². The standard InChI is InChI=1S/C17H17N3O2S2/c18-15-13(16(21)19-17-20(15)8-9-23-17)10-11-6-7-14(22-11)24-12-4-2-1-3-5-12/h6-10,12,18H,1-5H2. The Kier molecular flexibility index (Phi) is 4.37. The average Bonchev–Trinajstić information content (AvgIpc) is 3.22. The Morgan fingerprint density at radius 1 is 1.33 bits per heavy atom. The van der Waals surface area contributed by atoms with Crippen LogP contribution in [0, 0.1) is 5.41 Å². The predicted octanol–water partition coefficient (Wildman–Crippen LogP) is 4.48. The molecule has 7 heteroatoms. The number of nitrogens with zero attached hydrogens (tertiary/aromatic N) is 2. The maximum Gasteiger partial charge on any atom is 0.283 e. The van der Waals surface area contributed by atoms with Crippen LogP contribution in [0.2, 0.25) is 0 Å². The summed E-state index contributed by atoms with van der Waals surface area (Å²) in [6, 6.07) is 3.80. The first kappa shape index (κ1) is 15.8. The van der Waals surface area contributed by atoms with E-state index >= 15 is 0 Å². The number of amides is 1. The van der Waals surface area contributed by atoms with Gasteiger partial charge in [-0.25, -0.2) is 0 Å². The van der Waals surface area contributed by atoms with Crippen LogP contribution < -0.4 is 0 Å². The van der Waals surface area contributed by atoms with E-state index in [2.05, 4.69) is 4.99 Å². The highest BCUT2D eigenvalue weighted by Gasteiger charge is 2.31. The van der Waals surface area contributed by atoms with Gasteiger partial charge in [0, 0.05) is 11.4 Å². The largest absolute Gasteiger partial charge is 0.450 e. The Hall–Kier alpha value is -1.73. The molecule has 1 saturated carbocycles. The summed E-state index contributed by atoms with van der Waals surface area (Å²) in [6.45, 7) is 0. The highest BCUT2D eigenvalue weighted by Crippen LogP contribution is 2.35. The highest BCUT2D eigenvalue weighted by molar-refractivity contribution is 8.16. The first-order valence-electron chi connectivity index (χ1n) is 8.03. The minimum atomic E-state index is -0.389. The number of amidine groups is 2. The van der Waals surface area contributed by atoms with E-state index in [-0.39, 0.29) is 17.3 Å². The molecular weight excluding hydrogens is 342 g/mol. The molecule has 5 nitrogen and oxygen atoms in total. The molecule has 1 fully saturated rings. The van der Waals surface area contributed by atoms with Crippen molar-refractivity contribution >= 4 is 46.5 Å². The van der Waals surface area contributed by atoms with Crippen molar-refractivity contribution < 1.29 is 9.21 Å². The van der Waals surface area contributed by atoms with Crippen molar-refractivity contribution in [2.24, 2.45) is 4.99 Å². The number of rotatable bonds is 3. The quantitative estimate of drug-likeness (QED) is 0.806. The van der Waals surface area contributed by atoms with Gasteiger partial charge >= 0.3 is 0 Å². The number of furan rings is 1. The van der Waals surface area contributed by atoms with Gasteiger partial charge in [-0.15, -0.1) is 0 Å². The van der Waals surface area contributed by atoms with Crippen LogP contribution in [0.25, 0.3) is 6.08 Å². The van der Waals surface area contributed by atoms with Gasteiger partial charge in [0.15, 0.2) is 10.3 Å². The Balaban J connectivity index is 1.52. The summed E-state index contributed by atoms with van der Waals surface area (Å²) in [5, 5.41) is 12.1. The first-order chi connectivity index (χ1) is 11.7. The van der Waals surface area contributed by atoms with Gasteiger partial charge in [0.05, 0.1) is 5.57 Å². The monoisotopic (exact) mass is 359 g/mol. The van der Waals surface area contributed by atoms with Gasteiger partial charge in [-0.2, -0.15) is 4.99 Å². The molecule has 0 spiro atoms. The minimum Gasteiger partial charge on any atom is -0.450 e. The molecule has 0 atom stereocenters. The van der Waals surface area contributed by atoms with Gasteiger partial charge in [-0.3, -0.25) is 15.1 Å². The summed E-state index contributed by atoms with van der Waals surface area (Å²) in [5.41, 5.74) is 0.259. The van der Waals surface area contributed by atoms with Crippen LogP contribution >= 0.6 is 23.5 Å². The number of carbonyl (C=O) groups excluding carboxylic acids is 1. The molecule has 0 unspecified atom stereocenters. The molecule has 3 aliphatic rings. The highest BCUT2D eigenvalue weighted by atomic mass is 32.2. The zero-order valence-corrected chi connectivity index (χ0v) is 14.7. The van der Waals surface area contributed by atoms with Gasteiger partial charge in [0.2, 0.25) is 0 Å². The smallest absolute Gasteiger partial charge is 0.283 e. The predicted molar refractivity (Wildman–Crippen MR) is 98.2 cm³/mol. The molecule has 1 aromatic heterocycles. The second-order valence-electron chi connectivity index (χ2n) is 5.91. The van der Waals surface area contributed by atoms with Crippen molar-refractivity contribution in [2.75, 3.05) is 0 Å². The number of nitrogens with one attached hydrogen (secondary N) is 1. The summed E-state index contributed by atoms with van der Waals surface area (Å²) in [5.74, 6) is 0.348. The molecule has 0 aromatic carbocycles. The van der Waals surface area contributed by atoms with Crippen molar-refractivity contribution in [3.8, 4) is 0 Å². The fraction of sp³-hybridized carbons (Fsp3) is 0.353. The van der Waals surface area contributed by atoms with Crippen molar-refractivity contribution in [1.82, 2.24) is 4.90 Å². The lowest BCUT2D eigenvalue weighted by molar-refractivity contribution is -0.114. The first-order valence-corrected chi connectivity index (χ1v) is 9.79. The third-order valence-corrected chi connectivity index (χ3v) is 6.25. The topological polar surface area (TPSA) is 69.7 Å². The molecule has 4 rings (SSSR count). The van der Waals surface area contributed by atoms with E-state index in [9.17, 15) is 4.79 Å². The molecule has 2 aliphatic heterocycles. The molecular formula is C17H17N3O2S2. The SMILES string of the molecule is N=C1C(=Cc2ccc(SC3CCCCC3)o2)C(=O)N=C2SC=CN12. The Morgan fingerprint density at radius 3 is 3.00 bits per heavy atom. The third-order valence-electron chi connectivity index (χ3n) is 4.24. The van der Waals surface area contributed by atoms with E-state index in [1.165, 1.54) is 43.9 Å². The molecule has 0 bridgehead atoms. The van der Waals surface area contributed by atoms with Crippen molar-refractivity contribution in [3.63, 3.8) is 0 Å². The molecule has 0 saturated heterocycles. The van der Waals surface area contributed by atoms with E-state index in [1.807, 2.05) is 17.5 Å². The summed E-state index contributed by atoms with van der Waals surface area (Å²) in [7, 11) is 0. The lowest BCUT2D eigenvalue weighted by Crippen LogP contribution is -2.35. The molecule has 0 radical (unpaired) electrons. The number of fused-ring (bicyclic) bond motifs is 1. The van der Waals surface area contributed by atoms with E-state index < -0.39 is 0 Å². The summed E-state index contributed by atoms with van der Waals surface area (Å²) < 4.78 is 5.84. The molecule has 1 aromatic rings. The summed E-state index contributed by atoms with van der Waals surface area (Å²) in [6.07, 6.45) is 9.77. The number of carbonyl (C=O) groups is 1. The molecule has 1 amide bonds. The fourth-order valence-electron chi connectivity index (χ4n) is 3.00. The minimum absolute atomic E-state index is 0.143. The van der Waals surface area contributed by atoms with E-state index in [0.29, 0.717) is 16.2 Å². The van der Waals surface area contributed by atoms with Crippen LogP contribution in [0.3, 0.4) is 0 Å². The average molecular weight is 359 g/mol. The van der Waals surface area contributed by atoms with Crippen LogP contribution in [0.15, 0.2) is 43.8 Å². The molecule has 1 N–H and O–H groups in total. The van der Waals surface area contributed by atoms with E-state index in [0.717, 1.165) is 5.09 Å². The van der Waals surface area contributed by atoms with Crippen LogP contribution in [0.4, 0.5) is 0 Å². The van der Waals surface area contributed by atoms with Gasteiger partial charge in [-0.1, -0.05) is 42.8 Å². The van der Waals surface area contributed by atoms with E-state index in [1.54, 1.807) is 28.9 Å². The van der Waals surface area contributed by atoms with Crippen molar-refractivity contribution in [3.05, 3.63) is 35.1 Å². The number of hydrogen-bond acceptors (Lipinski definition) is 5. The summed E-state index contributed by atoms with van der Waals surface area (Å²) >= 11 is 3.12. The second kappa shape index (κ2) is 6.64. The lowest BCUT2D eigenvalue weighted by atomic mass is 10.0. The van der Waals surface area contributed by atoms with Gasteiger partial charge in [0.1, 0.15) is 11.6 Å². The number of aliphatic imine (C=N–C) groups is 1. The molecule has 124 valence electrons. The van der Waals surface area contributed by atoms with Crippen molar-refractivity contribution in [1.29, 1.82) is 5.41 Å². The van der Waals surface area contributed by atoms with Crippen molar-refractivity contribution in [2.45, 2.75) is 42.4 Å². The normalized spacial score (nSPS) is 23.1. The van der Waals surface area contributed by atoms with Gasteiger partial charge < -0.3 is 4.42 Å². The third kappa shape index (κ3) is 3.10. The maximum absolute atomic E-state index is 12.2. The lowest BCUT2D eigenvalue weighted by Gasteiger charge is -2.21. The molecule has 1 aliphatic carbocycles.